The van der Waals surface area contributed by atoms with Crippen molar-refractivity contribution >= 4 is 44.6 Å². The van der Waals surface area contributed by atoms with Crippen molar-refractivity contribution in [3.05, 3.63) is 64.9 Å². The molecule has 11 heteroatoms. The molecule has 0 aliphatic carbocycles. The maximum absolute atomic E-state index is 12.5. The zero-order valence-electron chi connectivity index (χ0n) is 16.2. The second-order valence-electron chi connectivity index (χ2n) is 6.59. The minimum absolute atomic E-state index is 0.0767. The van der Waals surface area contributed by atoms with Crippen LogP contribution >= 0.6 is 11.6 Å². The van der Waals surface area contributed by atoms with E-state index in [2.05, 4.69) is 20.5 Å². The number of amides is 1. The molecule has 0 spiro atoms. The van der Waals surface area contributed by atoms with Crippen LogP contribution in [0.2, 0.25) is 5.02 Å². The summed E-state index contributed by atoms with van der Waals surface area (Å²) in [6, 6.07) is 10.8. The molecule has 0 aliphatic heterocycles. The van der Waals surface area contributed by atoms with Gasteiger partial charge in [-0.05, 0) is 36.4 Å². The number of carbonyl (C=O) groups excluding carboxylic acids is 1. The zero-order chi connectivity index (χ0) is 21.9. The van der Waals surface area contributed by atoms with Gasteiger partial charge >= 0.3 is 0 Å². The summed E-state index contributed by atoms with van der Waals surface area (Å²) in [6.07, 6.45) is 2.84. The molecule has 158 valence electrons. The van der Waals surface area contributed by atoms with Gasteiger partial charge in [0.2, 0.25) is 10.0 Å². The van der Waals surface area contributed by atoms with E-state index in [0.717, 1.165) is 11.9 Å². The monoisotopic (exact) mass is 449 g/mol. The van der Waals surface area contributed by atoms with E-state index in [1.165, 1.54) is 30.3 Å². The minimum Gasteiger partial charge on any atom is -0.507 e. The lowest BCUT2D eigenvalue weighted by Crippen LogP contribution is -2.13. The Bertz CT molecular complexity index is 1190. The van der Waals surface area contributed by atoms with Gasteiger partial charge in [0, 0.05) is 30.7 Å². The highest BCUT2D eigenvalue weighted by molar-refractivity contribution is 7.92. The molecule has 0 bridgehead atoms. The first kappa shape index (κ1) is 21.5. The highest BCUT2D eigenvalue weighted by atomic mass is 35.5. The van der Waals surface area contributed by atoms with Crippen LogP contribution in [0.15, 0.2) is 48.7 Å². The van der Waals surface area contributed by atoms with E-state index in [9.17, 15) is 18.3 Å². The van der Waals surface area contributed by atoms with Gasteiger partial charge in [-0.3, -0.25) is 14.2 Å². The molecule has 3 aromatic rings. The standard InChI is InChI=1S/C19H20ClN5O4S/c1-25-8-7-14(23-25)11-21-12-3-5-15(18(26)10-12)19(27)22-13-4-6-17(16(20)9-13)24-30(2,28)29/h3-10,21,24,26H,11H2,1-2H3,(H,22,27). The lowest BCUT2D eigenvalue weighted by molar-refractivity contribution is 0.102. The number of nitrogens with one attached hydrogen (secondary N) is 3. The van der Waals surface area contributed by atoms with Gasteiger partial charge < -0.3 is 15.7 Å². The van der Waals surface area contributed by atoms with E-state index in [1.54, 1.807) is 10.7 Å². The van der Waals surface area contributed by atoms with E-state index in [-0.39, 0.29) is 22.0 Å². The molecule has 0 atom stereocenters. The van der Waals surface area contributed by atoms with Crippen LogP contribution in [0.3, 0.4) is 0 Å². The second kappa shape index (κ2) is 8.64. The lowest BCUT2D eigenvalue weighted by atomic mass is 10.1. The third kappa shape index (κ3) is 5.65. The quantitative estimate of drug-likeness (QED) is 0.439. The minimum atomic E-state index is -3.48. The molecular formula is C19H20ClN5O4S. The number of aromatic hydroxyl groups is 1. The van der Waals surface area contributed by atoms with Gasteiger partial charge in [-0.2, -0.15) is 5.10 Å². The van der Waals surface area contributed by atoms with Gasteiger partial charge in [0.05, 0.1) is 34.8 Å². The summed E-state index contributed by atoms with van der Waals surface area (Å²) in [5, 5.41) is 20.4. The van der Waals surface area contributed by atoms with E-state index in [1.807, 2.05) is 19.3 Å². The number of sulfonamides is 1. The number of rotatable bonds is 7. The van der Waals surface area contributed by atoms with Gasteiger partial charge in [0.15, 0.2) is 0 Å². The van der Waals surface area contributed by atoms with Crippen LogP contribution in [-0.4, -0.2) is 35.5 Å². The summed E-state index contributed by atoms with van der Waals surface area (Å²) >= 11 is 6.06. The number of hydrogen-bond acceptors (Lipinski definition) is 6. The van der Waals surface area contributed by atoms with Crippen molar-refractivity contribution < 1.29 is 18.3 Å². The molecule has 0 saturated heterocycles. The normalized spacial score (nSPS) is 11.2. The fourth-order valence-electron chi connectivity index (χ4n) is 2.66. The fraction of sp³-hybridized carbons (Fsp3) is 0.158. The Hall–Kier alpha value is -3.24. The Morgan fingerprint density at radius 2 is 1.90 bits per heavy atom. The predicted octanol–water partition coefficient (Wildman–Crippen LogP) is 3.02. The fourth-order valence-corrected chi connectivity index (χ4v) is 3.52. The Morgan fingerprint density at radius 1 is 1.17 bits per heavy atom. The van der Waals surface area contributed by atoms with Gasteiger partial charge in [0.25, 0.3) is 5.91 Å². The molecule has 0 saturated carbocycles. The summed E-state index contributed by atoms with van der Waals surface area (Å²) in [4.78, 5) is 12.5. The summed E-state index contributed by atoms with van der Waals surface area (Å²) in [5.74, 6) is -0.733. The van der Waals surface area contributed by atoms with Crippen molar-refractivity contribution in [2.24, 2.45) is 7.05 Å². The zero-order valence-corrected chi connectivity index (χ0v) is 17.8. The van der Waals surface area contributed by atoms with E-state index in [0.29, 0.717) is 17.9 Å². The number of anilines is 3. The first-order valence-electron chi connectivity index (χ1n) is 8.75. The number of aryl methyl sites for hydroxylation is 1. The Balaban J connectivity index is 1.67. The molecule has 2 aromatic carbocycles. The maximum Gasteiger partial charge on any atom is 0.259 e. The molecule has 0 radical (unpaired) electrons. The Labute approximate surface area is 178 Å². The van der Waals surface area contributed by atoms with Crippen molar-refractivity contribution in [2.75, 3.05) is 21.6 Å². The van der Waals surface area contributed by atoms with Crippen LogP contribution in [0.1, 0.15) is 16.1 Å². The molecule has 4 N–H and O–H groups in total. The van der Waals surface area contributed by atoms with Gasteiger partial charge in [-0.1, -0.05) is 11.6 Å². The largest absolute Gasteiger partial charge is 0.507 e. The average molecular weight is 450 g/mol. The molecule has 30 heavy (non-hydrogen) atoms. The van der Waals surface area contributed by atoms with Gasteiger partial charge in [0.1, 0.15) is 5.75 Å². The summed E-state index contributed by atoms with van der Waals surface area (Å²) in [7, 11) is -1.65. The predicted molar refractivity (Wildman–Crippen MR) is 117 cm³/mol. The number of phenols is 1. The van der Waals surface area contributed by atoms with Crippen LogP contribution < -0.4 is 15.4 Å². The first-order valence-corrected chi connectivity index (χ1v) is 11.0. The van der Waals surface area contributed by atoms with Crippen LogP contribution in [0.25, 0.3) is 0 Å². The molecule has 1 amide bonds. The van der Waals surface area contributed by atoms with Crippen molar-refractivity contribution in [1.29, 1.82) is 0 Å². The van der Waals surface area contributed by atoms with Crippen molar-refractivity contribution in [2.45, 2.75) is 6.54 Å². The Morgan fingerprint density at radius 3 is 2.50 bits per heavy atom. The Kier molecular flexibility index (Phi) is 6.18. The van der Waals surface area contributed by atoms with Crippen LogP contribution in [-0.2, 0) is 23.6 Å². The summed E-state index contributed by atoms with van der Waals surface area (Å²) < 4.78 is 26.6. The molecule has 0 fully saturated rings. The topological polar surface area (TPSA) is 125 Å². The number of hydrogen-bond donors (Lipinski definition) is 4. The average Bonchev–Trinajstić information content (AvgIpc) is 3.06. The van der Waals surface area contributed by atoms with Crippen molar-refractivity contribution in [3.63, 3.8) is 0 Å². The van der Waals surface area contributed by atoms with Gasteiger partial charge in [-0.15, -0.1) is 0 Å². The first-order chi connectivity index (χ1) is 14.1. The van der Waals surface area contributed by atoms with E-state index >= 15 is 0 Å². The maximum atomic E-state index is 12.5. The van der Waals surface area contributed by atoms with Crippen LogP contribution in [0, 0.1) is 0 Å². The third-order valence-corrected chi connectivity index (χ3v) is 4.91. The van der Waals surface area contributed by atoms with E-state index in [4.69, 9.17) is 11.6 Å². The van der Waals surface area contributed by atoms with Crippen molar-refractivity contribution in [3.8, 4) is 5.75 Å². The number of nitrogens with zero attached hydrogens (tertiary/aromatic N) is 2. The molecule has 1 heterocycles. The SMILES string of the molecule is Cn1ccc(CNc2ccc(C(=O)Nc3ccc(NS(C)(=O)=O)c(Cl)c3)c(O)c2)n1. The molecular weight excluding hydrogens is 430 g/mol. The highest BCUT2D eigenvalue weighted by Crippen LogP contribution is 2.28. The number of phenolic OH excluding ortho intramolecular Hbond substituents is 1. The van der Waals surface area contributed by atoms with Gasteiger partial charge in [-0.25, -0.2) is 8.42 Å². The molecule has 1 aromatic heterocycles. The molecule has 3 rings (SSSR count). The summed E-state index contributed by atoms with van der Waals surface area (Å²) in [5.41, 5.74) is 2.09. The molecule has 9 nitrogen and oxygen atoms in total. The van der Waals surface area contributed by atoms with Crippen LogP contribution in [0.5, 0.6) is 5.75 Å². The lowest BCUT2D eigenvalue weighted by Gasteiger charge is -2.11. The number of halogens is 1. The highest BCUT2D eigenvalue weighted by Gasteiger charge is 2.14. The second-order valence-corrected chi connectivity index (χ2v) is 8.74. The van der Waals surface area contributed by atoms with Crippen LogP contribution in [0.4, 0.5) is 17.1 Å². The smallest absolute Gasteiger partial charge is 0.259 e. The molecule has 0 aliphatic rings. The number of carbonyl (C=O) groups is 1. The summed E-state index contributed by atoms with van der Waals surface area (Å²) in [6.45, 7) is 0.470. The van der Waals surface area contributed by atoms with Crippen molar-refractivity contribution in [1.82, 2.24) is 9.78 Å². The third-order valence-electron chi connectivity index (χ3n) is 4.01. The number of aromatic nitrogens is 2. The molecule has 0 unspecified atom stereocenters. The van der Waals surface area contributed by atoms with E-state index < -0.39 is 15.9 Å². The number of benzene rings is 2.